The van der Waals surface area contributed by atoms with E-state index in [1.54, 1.807) is 12.1 Å². The molecule has 1 aliphatic rings. The largest absolute Gasteiger partial charge is 0.353 e. The van der Waals surface area contributed by atoms with Gasteiger partial charge in [0.25, 0.3) is 0 Å². The summed E-state index contributed by atoms with van der Waals surface area (Å²) < 4.78 is 63.7. The van der Waals surface area contributed by atoms with Crippen molar-refractivity contribution >= 4 is 26.8 Å². The minimum Gasteiger partial charge on any atom is -0.353 e. The Morgan fingerprint density at radius 2 is 1.77 bits per heavy atom. The first kappa shape index (κ1) is 21.4. The number of nitrogens with two attached hydrogens (primary N) is 1. The average Bonchev–Trinajstić information content (AvgIpc) is 3.02. The van der Waals surface area contributed by atoms with Crippen LogP contribution < -0.4 is 10.5 Å². The highest BCUT2D eigenvalue weighted by Crippen LogP contribution is 2.45. The molecule has 3 aromatic rings. The van der Waals surface area contributed by atoms with Crippen LogP contribution >= 0.6 is 0 Å². The van der Waals surface area contributed by atoms with E-state index in [1.807, 2.05) is 0 Å². The molecular weight excluding hydrogens is 431 g/mol. The van der Waals surface area contributed by atoms with Crippen molar-refractivity contribution in [2.75, 3.05) is 5.75 Å². The maximum Gasteiger partial charge on any atom is 0.221 e. The number of carbonyl (C=O) groups excluding carboxylic acids is 1. The smallest absolute Gasteiger partial charge is 0.221 e. The van der Waals surface area contributed by atoms with Gasteiger partial charge in [-0.2, -0.15) is 0 Å². The van der Waals surface area contributed by atoms with Crippen LogP contribution in [0, 0.1) is 17.5 Å². The van der Waals surface area contributed by atoms with Crippen LogP contribution in [0.1, 0.15) is 30.7 Å². The summed E-state index contributed by atoms with van der Waals surface area (Å²) in [5.74, 6) is -2.81. The number of nitrogens with one attached hydrogen (secondary N) is 2. The van der Waals surface area contributed by atoms with E-state index in [2.05, 4.69) is 10.3 Å². The van der Waals surface area contributed by atoms with Crippen LogP contribution in [0.5, 0.6) is 0 Å². The first-order valence-electron chi connectivity index (χ1n) is 9.67. The summed E-state index contributed by atoms with van der Waals surface area (Å²) in [6.07, 6.45) is 0.797. The van der Waals surface area contributed by atoms with Crippen molar-refractivity contribution in [2.24, 2.45) is 5.14 Å². The summed E-state index contributed by atoms with van der Waals surface area (Å²) >= 11 is 0. The van der Waals surface area contributed by atoms with Gasteiger partial charge in [0.1, 0.15) is 17.5 Å². The minimum absolute atomic E-state index is 0.0986. The molecule has 2 aromatic carbocycles. The van der Waals surface area contributed by atoms with E-state index in [-0.39, 0.29) is 23.9 Å². The molecule has 10 heteroatoms. The van der Waals surface area contributed by atoms with Crippen molar-refractivity contribution in [1.82, 2.24) is 10.3 Å². The fourth-order valence-electron chi connectivity index (χ4n) is 4.01. The first-order chi connectivity index (χ1) is 14.6. The second kappa shape index (κ2) is 8.01. The number of aromatic nitrogens is 1. The second-order valence-corrected chi connectivity index (χ2v) is 9.51. The van der Waals surface area contributed by atoms with Crippen molar-refractivity contribution in [1.29, 1.82) is 0 Å². The number of benzene rings is 2. The zero-order chi connectivity index (χ0) is 22.3. The molecule has 0 atom stereocenters. The molecule has 31 heavy (non-hydrogen) atoms. The van der Waals surface area contributed by atoms with E-state index < -0.39 is 39.1 Å². The lowest BCUT2D eigenvalue weighted by Gasteiger charge is -2.36. The molecule has 1 aromatic heterocycles. The highest BCUT2D eigenvalue weighted by atomic mass is 32.2. The standard InChI is InChI=1S/C21H20F3N3O3S/c22-13-3-1-11(2-4-13)20-19(16-9-14(23)10-17(24)21(16)27-20)12-7-15(8-12)26-18(28)5-6-31(25,29)30/h1-4,9-10,12,15,27H,5-8H2,(H,26,28)(H2,25,29,30)/t12-,15+. The van der Waals surface area contributed by atoms with E-state index >= 15 is 0 Å². The summed E-state index contributed by atoms with van der Waals surface area (Å²) in [7, 11) is -3.72. The molecule has 0 bridgehead atoms. The molecule has 164 valence electrons. The van der Waals surface area contributed by atoms with Gasteiger partial charge in [0.05, 0.1) is 17.0 Å². The summed E-state index contributed by atoms with van der Waals surface area (Å²) in [5.41, 5.74) is 2.07. The lowest BCUT2D eigenvalue weighted by atomic mass is 9.74. The Morgan fingerprint density at radius 3 is 2.42 bits per heavy atom. The Balaban J connectivity index is 1.59. The van der Waals surface area contributed by atoms with E-state index in [4.69, 9.17) is 5.14 Å². The third-order valence-electron chi connectivity index (χ3n) is 5.52. The zero-order valence-electron chi connectivity index (χ0n) is 16.3. The Kier molecular flexibility index (Phi) is 5.52. The van der Waals surface area contributed by atoms with E-state index in [9.17, 15) is 26.4 Å². The van der Waals surface area contributed by atoms with E-state index in [0.29, 0.717) is 35.0 Å². The number of primary sulfonamides is 1. The molecule has 1 fully saturated rings. The molecule has 4 N–H and O–H groups in total. The average molecular weight is 451 g/mol. The molecule has 0 aliphatic heterocycles. The number of amides is 1. The van der Waals surface area contributed by atoms with Crippen molar-refractivity contribution < 1.29 is 26.4 Å². The summed E-state index contributed by atoms with van der Waals surface area (Å²) in [5, 5.41) is 8.06. The van der Waals surface area contributed by atoms with Crippen LogP contribution in [0.2, 0.25) is 0 Å². The molecule has 1 heterocycles. The van der Waals surface area contributed by atoms with Gasteiger partial charge < -0.3 is 10.3 Å². The Morgan fingerprint density at radius 1 is 1.10 bits per heavy atom. The summed E-state index contributed by atoms with van der Waals surface area (Å²) in [4.78, 5) is 14.9. The lowest BCUT2D eigenvalue weighted by Crippen LogP contribution is -2.44. The molecule has 0 unspecified atom stereocenters. The fourth-order valence-corrected chi connectivity index (χ4v) is 4.48. The normalized spacial score (nSPS) is 18.7. The molecule has 1 saturated carbocycles. The SMILES string of the molecule is NS(=O)(=O)CCC(=O)N[C@H]1C[C@@H](c2c(-c3ccc(F)cc3)[nH]c3c(F)cc(F)cc32)C1. The van der Waals surface area contributed by atoms with E-state index in [1.165, 1.54) is 18.2 Å². The highest BCUT2D eigenvalue weighted by molar-refractivity contribution is 7.89. The van der Waals surface area contributed by atoms with Crippen LogP contribution in [-0.4, -0.2) is 31.1 Å². The number of rotatable bonds is 6. The number of aromatic amines is 1. The molecule has 0 radical (unpaired) electrons. The number of hydrogen-bond donors (Lipinski definition) is 3. The third kappa shape index (κ3) is 4.59. The van der Waals surface area contributed by atoms with Crippen molar-refractivity contribution in [3.05, 3.63) is 59.4 Å². The maximum atomic E-state index is 14.4. The van der Waals surface area contributed by atoms with Crippen LogP contribution in [0.3, 0.4) is 0 Å². The molecule has 1 amide bonds. The van der Waals surface area contributed by atoms with Crippen molar-refractivity contribution in [3.63, 3.8) is 0 Å². The first-order valence-corrected chi connectivity index (χ1v) is 11.4. The minimum atomic E-state index is -3.72. The molecular formula is C21H20F3N3O3S. The van der Waals surface area contributed by atoms with Gasteiger partial charge in [0, 0.05) is 23.9 Å². The molecule has 0 spiro atoms. The number of carbonyl (C=O) groups is 1. The Hall–Kier alpha value is -2.85. The summed E-state index contributed by atoms with van der Waals surface area (Å²) in [6.45, 7) is 0. The topological polar surface area (TPSA) is 105 Å². The molecule has 1 aliphatic carbocycles. The number of halogens is 3. The second-order valence-electron chi connectivity index (χ2n) is 7.78. The number of H-pyrrole nitrogens is 1. The Labute approximate surface area is 176 Å². The maximum absolute atomic E-state index is 14.4. The highest BCUT2D eigenvalue weighted by Gasteiger charge is 2.35. The van der Waals surface area contributed by atoms with Gasteiger partial charge >= 0.3 is 0 Å². The Bertz CT molecular complexity index is 1250. The number of fused-ring (bicyclic) bond motifs is 1. The predicted octanol–water partition coefficient (Wildman–Crippen LogP) is 3.29. The van der Waals surface area contributed by atoms with Gasteiger partial charge in [0.15, 0.2) is 0 Å². The molecule has 0 saturated heterocycles. The van der Waals surface area contributed by atoms with E-state index in [0.717, 1.165) is 6.07 Å². The number of sulfonamides is 1. The zero-order valence-corrected chi connectivity index (χ0v) is 17.1. The third-order valence-corrected chi connectivity index (χ3v) is 6.30. The van der Waals surface area contributed by atoms with Gasteiger partial charge in [-0.3, -0.25) is 4.79 Å². The van der Waals surface area contributed by atoms with Gasteiger partial charge in [-0.25, -0.2) is 26.7 Å². The fraction of sp³-hybridized carbons (Fsp3) is 0.286. The van der Waals surface area contributed by atoms with Gasteiger partial charge in [-0.15, -0.1) is 0 Å². The van der Waals surface area contributed by atoms with Gasteiger partial charge in [0.2, 0.25) is 15.9 Å². The van der Waals surface area contributed by atoms with Crippen LogP contribution in [0.15, 0.2) is 36.4 Å². The van der Waals surface area contributed by atoms with Crippen LogP contribution in [0.25, 0.3) is 22.2 Å². The molecule has 6 nitrogen and oxygen atoms in total. The summed E-state index contributed by atoms with van der Waals surface area (Å²) in [6, 6.07) is 7.56. The molecule has 4 rings (SSSR count). The van der Waals surface area contributed by atoms with Gasteiger partial charge in [-0.05, 0) is 60.2 Å². The van der Waals surface area contributed by atoms with Crippen LogP contribution in [-0.2, 0) is 14.8 Å². The monoisotopic (exact) mass is 451 g/mol. The van der Waals surface area contributed by atoms with Crippen molar-refractivity contribution in [2.45, 2.75) is 31.2 Å². The van der Waals surface area contributed by atoms with Crippen molar-refractivity contribution in [3.8, 4) is 11.3 Å². The van der Waals surface area contributed by atoms with Crippen LogP contribution in [0.4, 0.5) is 13.2 Å². The predicted molar refractivity (Wildman–Crippen MR) is 110 cm³/mol. The van der Waals surface area contributed by atoms with Gasteiger partial charge in [-0.1, -0.05) is 0 Å². The lowest BCUT2D eigenvalue weighted by molar-refractivity contribution is -0.122. The quantitative estimate of drug-likeness (QED) is 0.536. The number of hydrogen-bond acceptors (Lipinski definition) is 3.